The first kappa shape index (κ1) is 29.4. The number of benzene rings is 2. The average molecular weight is 591 g/mol. The lowest BCUT2D eigenvalue weighted by atomic mass is 9.95. The SMILES string of the molecule is COc1ccc(-c2ccc3nc(C4CCN(C(=O)[C@H](Cc5cccs5)NC(=O)OC(C)(C)C)CC4)[nH]c3c2)cc1OC. The number of hydrogen-bond donors (Lipinski definition) is 2. The van der Waals surface area contributed by atoms with Gasteiger partial charge in [-0.25, -0.2) is 9.78 Å². The van der Waals surface area contributed by atoms with Gasteiger partial charge in [0.25, 0.3) is 0 Å². The van der Waals surface area contributed by atoms with Crippen LogP contribution in [0.4, 0.5) is 4.79 Å². The van der Waals surface area contributed by atoms with Crippen LogP contribution < -0.4 is 14.8 Å². The summed E-state index contributed by atoms with van der Waals surface area (Å²) in [7, 11) is 3.26. The number of H-pyrrole nitrogens is 1. The highest BCUT2D eigenvalue weighted by Crippen LogP contribution is 2.34. The van der Waals surface area contributed by atoms with Crippen LogP contribution in [-0.4, -0.2) is 65.8 Å². The molecule has 0 bridgehead atoms. The molecular weight excluding hydrogens is 552 g/mol. The molecule has 0 spiro atoms. The van der Waals surface area contributed by atoms with Gasteiger partial charge in [0.05, 0.1) is 25.3 Å². The number of imidazole rings is 1. The van der Waals surface area contributed by atoms with E-state index in [-0.39, 0.29) is 11.8 Å². The molecular formula is C32H38N4O5S. The Morgan fingerprint density at radius 2 is 1.76 bits per heavy atom. The number of aromatic nitrogens is 2. The van der Waals surface area contributed by atoms with Crippen molar-refractivity contribution in [2.75, 3.05) is 27.3 Å². The monoisotopic (exact) mass is 590 g/mol. The maximum atomic E-state index is 13.6. The second-order valence-electron chi connectivity index (χ2n) is 11.5. The molecule has 42 heavy (non-hydrogen) atoms. The molecule has 5 rings (SSSR count). The number of nitrogens with zero attached hydrogens (tertiary/aromatic N) is 2. The number of thiophene rings is 1. The smallest absolute Gasteiger partial charge is 0.408 e. The minimum Gasteiger partial charge on any atom is -0.493 e. The van der Waals surface area contributed by atoms with E-state index in [1.165, 1.54) is 0 Å². The summed E-state index contributed by atoms with van der Waals surface area (Å²) in [4.78, 5) is 37.4. The number of methoxy groups -OCH3 is 2. The molecule has 1 atom stereocenters. The molecule has 2 aromatic carbocycles. The normalized spacial score (nSPS) is 14.9. The van der Waals surface area contributed by atoms with E-state index in [0.717, 1.165) is 45.7 Å². The third-order valence-corrected chi connectivity index (χ3v) is 8.28. The van der Waals surface area contributed by atoms with E-state index in [1.807, 2.05) is 67.4 Å². The van der Waals surface area contributed by atoms with E-state index < -0.39 is 17.7 Å². The van der Waals surface area contributed by atoms with Gasteiger partial charge in [-0.2, -0.15) is 0 Å². The van der Waals surface area contributed by atoms with E-state index in [1.54, 1.807) is 25.6 Å². The Bertz CT molecular complexity index is 1530. The summed E-state index contributed by atoms with van der Waals surface area (Å²) >= 11 is 1.57. The molecule has 2 N–H and O–H groups in total. The minimum absolute atomic E-state index is 0.0862. The van der Waals surface area contributed by atoms with E-state index in [9.17, 15) is 9.59 Å². The number of likely N-dealkylation sites (tertiary alicyclic amines) is 1. The van der Waals surface area contributed by atoms with Crippen molar-refractivity contribution >= 4 is 34.4 Å². The maximum absolute atomic E-state index is 13.6. The van der Waals surface area contributed by atoms with Gasteiger partial charge in [0.15, 0.2) is 11.5 Å². The minimum atomic E-state index is -0.684. The van der Waals surface area contributed by atoms with E-state index >= 15 is 0 Å². The summed E-state index contributed by atoms with van der Waals surface area (Å²) in [6, 6.07) is 15.3. The molecule has 2 aromatic heterocycles. The van der Waals surface area contributed by atoms with Crippen LogP contribution in [0, 0.1) is 0 Å². The van der Waals surface area contributed by atoms with Crippen LogP contribution in [0.1, 0.15) is 50.2 Å². The van der Waals surface area contributed by atoms with Crippen molar-refractivity contribution in [2.45, 2.75) is 57.6 Å². The highest BCUT2D eigenvalue weighted by atomic mass is 32.1. The number of rotatable bonds is 8. The molecule has 4 aromatic rings. The van der Waals surface area contributed by atoms with E-state index in [0.29, 0.717) is 31.0 Å². The van der Waals surface area contributed by atoms with Crippen LogP contribution in [0.2, 0.25) is 0 Å². The molecule has 2 amide bonds. The summed E-state index contributed by atoms with van der Waals surface area (Å²) in [6.45, 7) is 6.61. The van der Waals surface area contributed by atoms with Gasteiger partial charge in [-0.15, -0.1) is 11.3 Å². The summed E-state index contributed by atoms with van der Waals surface area (Å²) in [6.07, 6.45) is 1.42. The van der Waals surface area contributed by atoms with Gasteiger partial charge in [-0.05, 0) is 80.5 Å². The first-order valence-corrected chi connectivity index (χ1v) is 15.0. The average Bonchev–Trinajstić information content (AvgIpc) is 3.65. The quantitative estimate of drug-likeness (QED) is 0.255. The number of amides is 2. The van der Waals surface area contributed by atoms with Gasteiger partial charge in [0.1, 0.15) is 17.5 Å². The van der Waals surface area contributed by atoms with Crippen LogP contribution in [0.25, 0.3) is 22.2 Å². The number of carbonyl (C=O) groups excluding carboxylic acids is 2. The van der Waals surface area contributed by atoms with Gasteiger partial charge < -0.3 is 29.4 Å². The Balaban J connectivity index is 1.26. The topological polar surface area (TPSA) is 106 Å². The fraction of sp³-hybridized carbons (Fsp3) is 0.406. The van der Waals surface area contributed by atoms with Crippen molar-refractivity contribution in [3.63, 3.8) is 0 Å². The number of hydrogen-bond acceptors (Lipinski definition) is 7. The molecule has 1 fully saturated rings. The Labute approximate surface area is 250 Å². The number of nitrogens with one attached hydrogen (secondary N) is 2. The number of carbonyl (C=O) groups is 2. The first-order chi connectivity index (χ1) is 20.1. The van der Waals surface area contributed by atoms with Crippen LogP contribution in [0.5, 0.6) is 11.5 Å². The third kappa shape index (κ3) is 6.87. The largest absolute Gasteiger partial charge is 0.493 e. The molecule has 222 valence electrons. The number of ether oxygens (including phenoxy) is 3. The Morgan fingerprint density at radius 1 is 1.05 bits per heavy atom. The summed E-state index contributed by atoms with van der Waals surface area (Å²) in [5.74, 6) is 2.43. The van der Waals surface area contributed by atoms with Gasteiger partial charge in [0, 0.05) is 30.3 Å². The fourth-order valence-electron chi connectivity index (χ4n) is 5.29. The number of aromatic amines is 1. The molecule has 0 aliphatic carbocycles. The zero-order valence-electron chi connectivity index (χ0n) is 24.7. The molecule has 0 unspecified atom stereocenters. The number of piperidine rings is 1. The van der Waals surface area contributed by atoms with Crippen molar-refractivity contribution in [1.82, 2.24) is 20.2 Å². The van der Waals surface area contributed by atoms with Crippen LogP contribution in [-0.2, 0) is 16.0 Å². The Kier molecular flexibility index (Phi) is 8.72. The first-order valence-electron chi connectivity index (χ1n) is 14.2. The van der Waals surface area contributed by atoms with Crippen molar-refractivity contribution in [2.24, 2.45) is 0 Å². The molecule has 3 heterocycles. The van der Waals surface area contributed by atoms with Gasteiger partial charge in [0.2, 0.25) is 5.91 Å². The highest BCUT2D eigenvalue weighted by Gasteiger charge is 2.32. The lowest BCUT2D eigenvalue weighted by molar-refractivity contribution is -0.134. The molecule has 0 saturated carbocycles. The summed E-state index contributed by atoms with van der Waals surface area (Å²) < 4.78 is 16.3. The van der Waals surface area contributed by atoms with Gasteiger partial charge in [-0.1, -0.05) is 18.2 Å². The summed E-state index contributed by atoms with van der Waals surface area (Å²) in [5, 5.41) is 4.79. The number of alkyl carbamates (subject to hydrolysis) is 1. The van der Waals surface area contributed by atoms with E-state index in [2.05, 4.69) is 22.4 Å². The van der Waals surface area contributed by atoms with Crippen molar-refractivity contribution in [3.8, 4) is 22.6 Å². The Morgan fingerprint density at radius 3 is 2.43 bits per heavy atom. The Hall–Kier alpha value is -4.05. The van der Waals surface area contributed by atoms with E-state index in [4.69, 9.17) is 19.2 Å². The van der Waals surface area contributed by atoms with Crippen molar-refractivity contribution in [1.29, 1.82) is 0 Å². The second kappa shape index (κ2) is 12.4. The molecule has 9 nitrogen and oxygen atoms in total. The maximum Gasteiger partial charge on any atom is 0.408 e. The number of fused-ring (bicyclic) bond motifs is 1. The zero-order chi connectivity index (χ0) is 29.9. The highest BCUT2D eigenvalue weighted by molar-refractivity contribution is 7.09. The van der Waals surface area contributed by atoms with Crippen molar-refractivity contribution < 1.29 is 23.8 Å². The van der Waals surface area contributed by atoms with Crippen LogP contribution in [0.3, 0.4) is 0 Å². The zero-order valence-corrected chi connectivity index (χ0v) is 25.5. The lowest BCUT2D eigenvalue weighted by Gasteiger charge is -2.34. The van der Waals surface area contributed by atoms with Gasteiger partial charge in [-0.3, -0.25) is 4.79 Å². The summed E-state index contributed by atoms with van der Waals surface area (Å²) in [5.41, 5.74) is 3.30. The van der Waals surface area contributed by atoms with Gasteiger partial charge >= 0.3 is 6.09 Å². The fourth-order valence-corrected chi connectivity index (χ4v) is 6.04. The molecule has 1 aliphatic rings. The molecule has 0 radical (unpaired) electrons. The predicted molar refractivity (Wildman–Crippen MR) is 164 cm³/mol. The molecule has 1 saturated heterocycles. The standard InChI is InChI=1S/C32H38N4O5S/c1-32(2,3)41-31(38)35-26(19-23-7-6-16-42-23)30(37)36-14-12-20(13-15-36)29-33-24-10-8-21(17-25(24)34-29)22-9-11-27(39-4)28(18-22)40-5/h6-11,16-18,20,26H,12-15,19H2,1-5H3,(H,33,34)(H,35,38)/t26-/m0/s1. The second-order valence-corrected chi connectivity index (χ2v) is 12.5. The van der Waals surface area contributed by atoms with Crippen molar-refractivity contribution in [3.05, 3.63) is 64.6 Å². The molecule has 10 heteroatoms. The van der Waals surface area contributed by atoms with Crippen LogP contribution >= 0.6 is 11.3 Å². The van der Waals surface area contributed by atoms with Crippen LogP contribution in [0.15, 0.2) is 53.9 Å². The lowest BCUT2D eigenvalue weighted by Crippen LogP contribution is -2.52. The molecule has 1 aliphatic heterocycles. The third-order valence-electron chi connectivity index (χ3n) is 7.38. The predicted octanol–water partition coefficient (Wildman–Crippen LogP) is 6.15.